The van der Waals surface area contributed by atoms with Gasteiger partial charge in [0.15, 0.2) is 71.0 Å². The number of hydrogen-bond donors (Lipinski definition) is 6. The van der Waals surface area contributed by atoms with Crippen LogP contribution in [0.4, 0.5) is 20.4 Å². The summed E-state index contributed by atoms with van der Waals surface area (Å²) >= 11 is 7.35. The van der Waals surface area contributed by atoms with Crippen molar-refractivity contribution in [2.24, 2.45) is 0 Å². The van der Waals surface area contributed by atoms with E-state index in [0.717, 1.165) is 0 Å². The Balaban J connectivity index is 1.07. The minimum atomic E-state index is -2.43. The van der Waals surface area contributed by atoms with Gasteiger partial charge in [0.05, 0.1) is 25.9 Å². The third-order valence-electron chi connectivity index (χ3n) is 7.52. The van der Waals surface area contributed by atoms with Gasteiger partial charge in [-0.2, -0.15) is 0 Å². The van der Waals surface area contributed by atoms with Crippen molar-refractivity contribution < 1.29 is 46.6 Å². The van der Waals surface area contributed by atoms with Crippen molar-refractivity contribution in [3.05, 3.63) is 37.5 Å². The van der Waals surface area contributed by atoms with Gasteiger partial charge in [-0.1, -0.05) is 12.2 Å². The number of aliphatic hydroxyl groups excluding tert-OH is 2. The smallest absolute Gasteiger partial charge is 0.394 e. The van der Waals surface area contributed by atoms with E-state index in [9.17, 15) is 19.3 Å². The number of nitrogens with zero attached hydrogens (tertiary/aromatic N) is 8. The predicted octanol–water partition coefficient (Wildman–Crippen LogP) is 2.45. The van der Waals surface area contributed by atoms with Crippen molar-refractivity contribution in [3.63, 3.8) is 0 Å². The normalized spacial score (nSPS) is 28.1. The third-order valence-corrected chi connectivity index (χ3v) is 8.94. The number of halogens is 2. The first-order valence-electron chi connectivity index (χ1n) is 14.2. The van der Waals surface area contributed by atoms with Crippen LogP contribution < -0.4 is 10.6 Å². The molecule has 0 aromatic carbocycles. The summed E-state index contributed by atoms with van der Waals surface area (Å²) < 4.78 is 77.4. The molecule has 10 atom stereocenters. The Hall–Kier alpha value is -3.04. The second-order valence-electron chi connectivity index (χ2n) is 10.3. The summed E-state index contributed by atoms with van der Waals surface area (Å²) in [5, 5.41) is 25.4. The summed E-state index contributed by atoms with van der Waals surface area (Å²) in [6.45, 7) is -0.472. The average Bonchev–Trinajstić information content (AvgIpc) is 3.83. The Labute approximate surface area is 281 Å². The zero-order valence-electron chi connectivity index (χ0n) is 24.4. The van der Waals surface area contributed by atoms with Crippen LogP contribution in [0.1, 0.15) is 12.5 Å². The molecule has 6 rings (SSSR count). The van der Waals surface area contributed by atoms with E-state index in [-0.39, 0.29) is 11.3 Å². The number of aromatic nitrogens is 8. The molecule has 18 nitrogen and oxygen atoms in total. The van der Waals surface area contributed by atoms with E-state index in [2.05, 4.69) is 65.0 Å². The summed E-state index contributed by atoms with van der Waals surface area (Å²) in [4.78, 5) is 25.5. The van der Waals surface area contributed by atoms with Gasteiger partial charge in [-0.15, -0.1) is 9.05 Å². The number of fused-ring (bicyclic) bond motifs is 2. The van der Waals surface area contributed by atoms with Gasteiger partial charge in [-0.3, -0.25) is 9.13 Å². The standard InChI is InChI=1S/C24H26F2N10O8P2S2/c25-13-17(43-45(39)47)11(5-37)41-23(13)35-9-33-15-19(29-7-31-21(15)35)27-3-1-2-4-28-20-16-22(32-8-30-20)36(10-34-16)24-14(26)18(44-46(40)48)12(6-38)42-24/h1-2,7-14,17-18,23-24,37-38H,3-6H2,(H2-2,27,28,29,30,31,32,39,40,47,48)/p+2/b2-1+/t11-,12?,13-,14-,17?,18-,23-,24-/m1/s1. The van der Waals surface area contributed by atoms with E-state index in [1.54, 1.807) is 12.2 Å². The third kappa shape index (κ3) is 7.00. The number of imidazole rings is 2. The van der Waals surface area contributed by atoms with Crippen LogP contribution in [-0.4, -0.2) is 112 Å². The van der Waals surface area contributed by atoms with Crippen molar-refractivity contribution in [2.75, 3.05) is 36.9 Å². The number of alkyl halides is 2. The van der Waals surface area contributed by atoms with E-state index < -0.39 is 76.9 Å². The Morgan fingerprint density at radius 3 is 1.56 bits per heavy atom. The zero-order valence-corrected chi connectivity index (χ0v) is 28.0. The van der Waals surface area contributed by atoms with Crippen molar-refractivity contribution in [2.45, 2.75) is 49.2 Å². The first-order chi connectivity index (χ1) is 23.2. The molecule has 0 amide bonds. The second kappa shape index (κ2) is 15.2. The fraction of sp³-hybridized carbons (Fsp3) is 0.500. The maximum atomic E-state index is 15.2. The first-order valence-corrected chi connectivity index (χ1v) is 18.8. The Morgan fingerprint density at radius 1 is 0.771 bits per heavy atom. The molecule has 4 aromatic rings. The molecule has 0 aliphatic carbocycles. The van der Waals surface area contributed by atoms with Crippen LogP contribution in [0.2, 0.25) is 0 Å². The lowest BCUT2D eigenvalue weighted by Gasteiger charge is -2.15. The van der Waals surface area contributed by atoms with E-state index >= 15 is 8.78 Å². The van der Waals surface area contributed by atoms with Crippen LogP contribution in [0.15, 0.2) is 37.5 Å². The summed E-state index contributed by atoms with van der Waals surface area (Å²) in [6, 6.07) is 0. The number of nitrogens with one attached hydrogen (secondary N) is 2. The Bertz CT molecular complexity index is 1700. The first kappa shape index (κ1) is 34.8. The molecular weight excluding hydrogens is 720 g/mol. The van der Waals surface area contributed by atoms with Gasteiger partial charge in [0.25, 0.3) is 0 Å². The molecule has 0 saturated carbocycles. The second-order valence-corrected chi connectivity index (χ2v) is 13.7. The molecule has 2 aliphatic heterocycles. The van der Waals surface area contributed by atoms with E-state index in [1.807, 2.05) is 0 Å². The van der Waals surface area contributed by atoms with Crippen molar-refractivity contribution >= 4 is 72.9 Å². The highest BCUT2D eigenvalue weighted by Gasteiger charge is 2.52. The van der Waals surface area contributed by atoms with Gasteiger partial charge in [0, 0.05) is 13.1 Å². The van der Waals surface area contributed by atoms with Crippen LogP contribution in [0.25, 0.3) is 22.3 Å². The van der Waals surface area contributed by atoms with Crippen LogP contribution in [0.3, 0.4) is 0 Å². The highest BCUT2D eigenvalue weighted by Crippen LogP contribution is 2.42. The predicted molar refractivity (Wildman–Crippen MR) is 171 cm³/mol. The summed E-state index contributed by atoms with van der Waals surface area (Å²) in [6.07, 6.45) is -1.96. The summed E-state index contributed by atoms with van der Waals surface area (Å²) in [5.41, 5.74) is 1.21. The van der Waals surface area contributed by atoms with Gasteiger partial charge < -0.3 is 30.3 Å². The number of ether oxygens (including phenoxy) is 2. The average molecular weight is 749 g/mol. The van der Waals surface area contributed by atoms with Gasteiger partial charge in [0.1, 0.15) is 49.4 Å². The molecule has 48 heavy (non-hydrogen) atoms. The van der Waals surface area contributed by atoms with E-state index in [1.165, 1.54) is 34.4 Å². The largest absolute Gasteiger partial charge is 0.582 e. The molecule has 256 valence electrons. The lowest BCUT2D eigenvalue weighted by atomic mass is 10.1. The fourth-order valence-electron chi connectivity index (χ4n) is 5.40. The molecule has 2 aliphatic rings. The maximum absolute atomic E-state index is 15.2. The molecule has 0 radical (unpaired) electrons. The lowest BCUT2D eigenvalue weighted by Crippen LogP contribution is -2.31. The van der Waals surface area contributed by atoms with Crippen LogP contribution in [-0.2, 0) is 27.7 Å². The molecule has 4 aromatic heterocycles. The van der Waals surface area contributed by atoms with Gasteiger partial charge >= 0.3 is 14.5 Å². The Kier molecular flexibility index (Phi) is 11.1. The molecule has 2 fully saturated rings. The topological polar surface area (TPSA) is 223 Å². The molecule has 0 spiro atoms. The SMILES string of the molecule is O=[P+](S)OC1[C@@H](F)[C@H](n2cnc3c(NC/C=C/CNc4ncnc5c4ncn5[C@@H]4OC(CO)[C@@H](O[P+](=O)S)[C@H]4F)ncnc32)O[C@@H]1CO. The summed E-state index contributed by atoms with van der Waals surface area (Å²) in [7, 11) is -4.87. The van der Waals surface area contributed by atoms with Gasteiger partial charge in [0.2, 0.25) is 0 Å². The van der Waals surface area contributed by atoms with Crippen molar-refractivity contribution in [1.29, 1.82) is 0 Å². The quantitative estimate of drug-likeness (QED) is 0.0619. The molecule has 4 unspecified atom stereocenters. The van der Waals surface area contributed by atoms with Crippen LogP contribution >= 0.6 is 39.0 Å². The number of rotatable bonds is 14. The highest BCUT2D eigenvalue weighted by molar-refractivity contribution is 8.39. The highest BCUT2D eigenvalue weighted by atomic mass is 32.7. The fourth-order valence-corrected chi connectivity index (χ4v) is 6.98. The monoisotopic (exact) mass is 748 g/mol. The molecule has 6 heterocycles. The lowest BCUT2D eigenvalue weighted by molar-refractivity contribution is -0.0427. The zero-order chi connectivity index (χ0) is 33.9. The molecule has 0 bridgehead atoms. The van der Waals surface area contributed by atoms with Crippen molar-refractivity contribution in [1.82, 2.24) is 39.0 Å². The van der Waals surface area contributed by atoms with Crippen LogP contribution in [0, 0.1) is 0 Å². The minimum absolute atomic E-state index is 0.264. The van der Waals surface area contributed by atoms with Gasteiger partial charge in [-0.25, -0.2) is 38.7 Å². The van der Waals surface area contributed by atoms with E-state index in [4.69, 9.17) is 18.5 Å². The number of thiol groups is 2. The Morgan fingerprint density at radius 2 is 1.19 bits per heavy atom. The molecular formula is C24H28F2N10O8P2S2+2. The van der Waals surface area contributed by atoms with Crippen LogP contribution in [0.5, 0.6) is 0 Å². The number of hydrogen-bond acceptors (Lipinski definition) is 16. The summed E-state index contributed by atoms with van der Waals surface area (Å²) in [5.74, 6) is 0.741. The molecule has 2 saturated heterocycles. The maximum Gasteiger partial charge on any atom is 0.582 e. The van der Waals surface area contributed by atoms with Gasteiger partial charge in [-0.05, 0) is 9.13 Å². The van der Waals surface area contributed by atoms with E-state index in [0.29, 0.717) is 35.8 Å². The number of aliphatic hydroxyl groups is 2. The molecule has 4 N–H and O–H groups in total. The number of anilines is 2. The molecule has 24 heteroatoms. The van der Waals surface area contributed by atoms with Crippen molar-refractivity contribution in [3.8, 4) is 0 Å². The minimum Gasteiger partial charge on any atom is -0.394 e.